The summed E-state index contributed by atoms with van der Waals surface area (Å²) in [4.78, 5) is 12.7. The molecule has 1 atom stereocenters. The first-order valence-electron chi connectivity index (χ1n) is 14.3. The van der Waals surface area contributed by atoms with Crippen LogP contribution in [0, 0.1) is 34.9 Å². The Hall–Kier alpha value is -3.95. The van der Waals surface area contributed by atoms with Gasteiger partial charge in [0.15, 0.2) is 34.8 Å². The summed E-state index contributed by atoms with van der Waals surface area (Å²) in [6, 6.07) is 6.90. The normalized spacial score (nSPS) is 14.8. The molecule has 0 heterocycles. The number of hydrogen-bond acceptors (Lipinski definition) is 4. The second kappa shape index (κ2) is 14.5. The topological polar surface area (TPSA) is 44.8 Å². The van der Waals surface area contributed by atoms with Crippen molar-refractivity contribution in [1.82, 2.24) is 0 Å². The molecule has 4 rings (SSSR count). The highest BCUT2D eigenvalue weighted by Gasteiger charge is 2.27. The molecule has 1 aliphatic rings. The van der Waals surface area contributed by atoms with E-state index in [-0.39, 0.29) is 49.5 Å². The molecule has 10 heteroatoms. The van der Waals surface area contributed by atoms with Gasteiger partial charge in [0.25, 0.3) is 0 Å². The maximum absolute atomic E-state index is 15.0. The van der Waals surface area contributed by atoms with E-state index >= 15 is 0 Å². The van der Waals surface area contributed by atoms with Gasteiger partial charge in [0.1, 0.15) is 6.10 Å². The van der Waals surface area contributed by atoms with Crippen LogP contribution in [0.4, 0.5) is 26.3 Å². The van der Waals surface area contributed by atoms with Gasteiger partial charge in [-0.1, -0.05) is 38.8 Å². The number of hydrogen-bond donors (Lipinski definition) is 0. The lowest BCUT2D eigenvalue weighted by atomic mass is 9.91. The number of carbonyl (C=O) groups is 1. The molecular formula is C33H32F6O4. The number of benzene rings is 3. The molecule has 0 saturated carbocycles. The third kappa shape index (κ3) is 7.17. The molecule has 0 N–H and O–H groups in total. The molecule has 0 aliphatic heterocycles. The Balaban J connectivity index is 1.44. The Morgan fingerprint density at radius 1 is 0.698 bits per heavy atom. The van der Waals surface area contributed by atoms with Crippen molar-refractivity contribution in [2.75, 3.05) is 13.2 Å². The number of esters is 1. The lowest BCUT2D eigenvalue weighted by Gasteiger charge is -2.23. The lowest BCUT2D eigenvalue weighted by molar-refractivity contribution is 0.0279. The first kappa shape index (κ1) is 32.0. The number of rotatable bonds is 12. The molecule has 230 valence electrons. The van der Waals surface area contributed by atoms with Crippen molar-refractivity contribution < 1.29 is 45.3 Å². The number of allylic oxidation sites excluding steroid dienone is 1. The highest BCUT2D eigenvalue weighted by molar-refractivity contribution is 5.91. The largest absolute Gasteiger partial charge is 0.490 e. The molecule has 1 unspecified atom stereocenters. The number of ether oxygens (including phenoxy) is 3. The predicted octanol–water partition coefficient (Wildman–Crippen LogP) is 9.34. The van der Waals surface area contributed by atoms with E-state index in [0.29, 0.717) is 18.4 Å². The molecule has 4 nitrogen and oxygen atoms in total. The standard InChI is InChI=1S/C33H32F6O4/c1-3-5-17-41-25-15-13-21(27(34)31(25)38)19-7-9-20(10-8-19)43-33(40)24-12-11-22(28(35)30(24)37)23-14-16-26(32(39)29(23)36)42-18-6-4-2/h7,11-16,20H,3-6,8-10,17-18H2,1-2H3. The summed E-state index contributed by atoms with van der Waals surface area (Å²) in [7, 11) is 0. The molecule has 0 amide bonds. The van der Waals surface area contributed by atoms with Gasteiger partial charge in [-0.25, -0.2) is 22.4 Å². The fraction of sp³-hybridized carbons (Fsp3) is 0.364. The van der Waals surface area contributed by atoms with Crippen LogP contribution >= 0.6 is 0 Å². The lowest BCUT2D eigenvalue weighted by Crippen LogP contribution is -2.21. The number of unbranched alkanes of at least 4 members (excludes halogenated alkanes) is 2. The Bertz CT molecular complexity index is 1500. The molecular weight excluding hydrogens is 574 g/mol. The summed E-state index contributed by atoms with van der Waals surface area (Å²) >= 11 is 0. The Morgan fingerprint density at radius 3 is 1.74 bits per heavy atom. The van der Waals surface area contributed by atoms with Gasteiger partial charge in [-0.3, -0.25) is 0 Å². The van der Waals surface area contributed by atoms with E-state index in [9.17, 15) is 31.1 Å². The molecule has 0 spiro atoms. The summed E-state index contributed by atoms with van der Waals surface area (Å²) in [5.41, 5.74) is -1.25. The quantitative estimate of drug-likeness (QED) is 0.117. The van der Waals surface area contributed by atoms with Gasteiger partial charge < -0.3 is 14.2 Å². The van der Waals surface area contributed by atoms with E-state index < -0.39 is 63.7 Å². The van der Waals surface area contributed by atoms with Crippen LogP contribution in [0.2, 0.25) is 0 Å². The zero-order chi connectivity index (χ0) is 31.1. The number of carbonyl (C=O) groups excluding carboxylic acids is 1. The van der Waals surface area contributed by atoms with E-state index in [2.05, 4.69) is 0 Å². The van der Waals surface area contributed by atoms with Gasteiger partial charge in [0.2, 0.25) is 11.6 Å². The van der Waals surface area contributed by atoms with Gasteiger partial charge in [0.05, 0.1) is 18.8 Å². The number of halogens is 6. The van der Waals surface area contributed by atoms with Crippen LogP contribution < -0.4 is 9.47 Å². The average Bonchev–Trinajstić information content (AvgIpc) is 3.00. The maximum Gasteiger partial charge on any atom is 0.341 e. The molecule has 0 aromatic heterocycles. The summed E-state index contributed by atoms with van der Waals surface area (Å²) in [6.45, 7) is 4.29. The van der Waals surface area contributed by atoms with Crippen molar-refractivity contribution in [2.24, 2.45) is 0 Å². The van der Waals surface area contributed by atoms with E-state index in [4.69, 9.17) is 14.2 Å². The van der Waals surface area contributed by atoms with Crippen molar-refractivity contribution in [3.05, 3.63) is 88.5 Å². The van der Waals surface area contributed by atoms with Gasteiger partial charge >= 0.3 is 5.97 Å². The molecule has 3 aromatic carbocycles. The average molecular weight is 607 g/mol. The zero-order valence-corrected chi connectivity index (χ0v) is 23.9. The summed E-state index contributed by atoms with van der Waals surface area (Å²) in [5.74, 6) is -9.65. The zero-order valence-electron chi connectivity index (χ0n) is 23.9. The van der Waals surface area contributed by atoms with Crippen LogP contribution in [0.3, 0.4) is 0 Å². The fourth-order valence-corrected chi connectivity index (χ4v) is 4.69. The molecule has 1 aliphatic carbocycles. The highest BCUT2D eigenvalue weighted by Crippen LogP contribution is 2.35. The predicted molar refractivity (Wildman–Crippen MR) is 150 cm³/mol. The fourth-order valence-electron chi connectivity index (χ4n) is 4.69. The van der Waals surface area contributed by atoms with Crippen molar-refractivity contribution >= 4 is 11.5 Å². The monoisotopic (exact) mass is 606 g/mol. The summed E-state index contributed by atoms with van der Waals surface area (Å²) in [5, 5.41) is 0. The second-order valence-electron chi connectivity index (χ2n) is 10.2. The third-order valence-corrected chi connectivity index (χ3v) is 7.18. The van der Waals surface area contributed by atoms with Crippen LogP contribution in [0.1, 0.15) is 74.7 Å². The Morgan fingerprint density at radius 2 is 1.21 bits per heavy atom. The van der Waals surface area contributed by atoms with E-state index in [1.165, 1.54) is 12.1 Å². The van der Waals surface area contributed by atoms with Crippen molar-refractivity contribution in [2.45, 2.75) is 64.9 Å². The first-order chi connectivity index (χ1) is 20.7. The minimum Gasteiger partial charge on any atom is -0.490 e. The molecule has 0 saturated heterocycles. The molecule has 3 aromatic rings. The smallest absolute Gasteiger partial charge is 0.341 e. The van der Waals surface area contributed by atoms with Crippen LogP contribution in [0.15, 0.2) is 42.5 Å². The molecule has 0 bridgehead atoms. The van der Waals surface area contributed by atoms with Crippen LogP contribution in [-0.2, 0) is 4.74 Å². The van der Waals surface area contributed by atoms with E-state index in [1.54, 1.807) is 6.08 Å². The van der Waals surface area contributed by atoms with Crippen LogP contribution in [-0.4, -0.2) is 25.3 Å². The van der Waals surface area contributed by atoms with Gasteiger partial charge in [-0.15, -0.1) is 0 Å². The maximum atomic E-state index is 15.0. The second-order valence-corrected chi connectivity index (χ2v) is 10.2. The van der Waals surface area contributed by atoms with Crippen molar-refractivity contribution in [3.63, 3.8) is 0 Å². The SMILES string of the molecule is CCCCOc1ccc(C2=CCC(OC(=O)c3ccc(-c4ccc(OCCCC)c(F)c4F)c(F)c3F)CC2)c(F)c1F. The minimum absolute atomic E-state index is 0.0676. The molecule has 43 heavy (non-hydrogen) atoms. The van der Waals surface area contributed by atoms with Gasteiger partial charge in [0, 0.05) is 23.1 Å². The third-order valence-electron chi connectivity index (χ3n) is 7.18. The van der Waals surface area contributed by atoms with E-state index in [0.717, 1.165) is 37.1 Å². The van der Waals surface area contributed by atoms with Gasteiger partial charge in [-0.2, -0.15) is 8.78 Å². The Labute approximate surface area is 246 Å². The highest BCUT2D eigenvalue weighted by atomic mass is 19.2. The van der Waals surface area contributed by atoms with Gasteiger partial charge in [-0.05, 0) is 61.6 Å². The molecule has 0 fully saturated rings. The first-order valence-corrected chi connectivity index (χ1v) is 14.3. The van der Waals surface area contributed by atoms with Crippen molar-refractivity contribution in [3.8, 4) is 22.6 Å². The molecule has 0 radical (unpaired) electrons. The summed E-state index contributed by atoms with van der Waals surface area (Å²) in [6.07, 6.45) is 4.44. The minimum atomic E-state index is -1.57. The van der Waals surface area contributed by atoms with Crippen LogP contribution in [0.5, 0.6) is 11.5 Å². The van der Waals surface area contributed by atoms with Crippen molar-refractivity contribution in [1.29, 1.82) is 0 Å². The summed E-state index contributed by atoms with van der Waals surface area (Å²) < 4.78 is 104. The Kier molecular flexibility index (Phi) is 10.8. The van der Waals surface area contributed by atoms with E-state index in [1.807, 2.05) is 13.8 Å². The van der Waals surface area contributed by atoms with Crippen LogP contribution in [0.25, 0.3) is 16.7 Å².